The lowest BCUT2D eigenvalue weighted by molar-refractivity contribution is -0.124. The van der Waals surface area contributed by atoms with Crippen LogP contribution in [0.25, 0.3) is 10.9 Å². The van der Waals surface area contributed by atoms with Crippen molar-refractivity contribution >= 4 is 44.4 Å². The second-order valence-corrected chi connectivity index (χ2v) is 8.36. The van der Waals surface area contributed by atoms with E-state index < -0.39 is 28.5 Å². The summed E-state index contributed by atoms with van der Waals surface area (Å²) in [5.41, 5.74) is 1.77. The van der Waals surface area contributed by atoms with E-state index in [2.05, 4.69) is 10.3 Å². The average Bonchev–Trinajstić information content (AvgIpc) is 2.71. The predicted molar refractivity (Wildman–Crippen MR) is 112 cm³/mol. The van der Waals surface area contributed by atoms with Crippen LogP contribution in [-0.2, 0) is 26.0 Å². The van der Waals surface area contributed by atoms with Crippen molar-refractivity contribution in [3.8, 4) is 0 Å². The molecule has 0 atom stereocenters. The summed E-state index contributed by atoms with van der Waals surface area (Å²) in [4.78, 5) is 28.2. The molecule has 0 radical (unpaired) electrons. The van der Waals surface area contributed by atoms with Gasteiger partial charge >= 0.3 is 5.97 Å². The van der Waals surface area contributed by atoms with Crippen LogP contribution in [-0.4, -0.2) is 38.4 Å². The first kappa shape index (κ1) is 21.7. The van der Waals surface area contributed by atoms with Crippen LogP contribution in [0.1, 0.15) is 15.9 Å². The molecule has 0 aliphatic heterocycles. The predicted octanol–water partition coefficient (Wildman–Crippen LogP) is 2.05. The van der Waals surface area contributed by atoms with E-state index in [4.69, 9.17) is 21.5 Å². The molecule has 0 aliphatic carbocycles. The monoisotopic (exact) mass is 447 g/mol. The Bertz CT molecular complexity index is 1200. The van der Waals surface area contributed by atoms with E-state index in [9.17, 15) is 18.0 Å². The summed E-state index contributed by atoms with van der Waals surface area (Å²) < 4.78 is 27.5. The lowest BCUT2D eigenvalue weighted by Crippen LogP contribution is -2.30. The number of nitrogens with two attached hydrogens (primary N) is 1. The van der Waals surface area contributed by atoms with E-state index in [1.165, 1.54) is 12.1 Å². The molecule has 1 heterocycles. The largest absolute Gasteiger partial charge is 0.452 e. The number of hydrogen-bond acceptors (Lipinski definition) is 6. The number of pyridine rings is 1. The van der Waals surface area contributed by atoms with Gasteiger partial charge in [0.25, 0.3) is 5.91 Å². The Labute approximate surface area is 178 Å². The summed E-state index contributed by atoms with van der Waals surface area (Å²) in [6.07, 6.45) is 0.477. The molecule has 1 amide bonds. The Morgan fingerprint density at radius 3 is 2.50 bits per heavy atom. The van der Waals surface area contributed by atoms with Crippen molar-refractivity contribution in [2.75, 3.05) is 13.2 Å². The number of carbonyl (C=O) groups is 2. The van der Waals surface area contributed by atoms with Gasteiger partial charge in [-0.25, -0.2) is 23.3 Å². The van der Waals surface area contributed by atoms with Gasteiger partial charge in [0.15, 0.2) is 6.61 Å². The summed E-state index contributed by atoms with van der Waals surface area (Å²) >= 11 is 5.83. The molecule has 0 bridgehead atoms. The molecular weight excluding hydrogens is 430 g/mol. The topological polar surface area (TPSA) is 128 Å². The number of fused-ring (bicyclic) bond motifs is 1. The van der Waals surface area contributed by atoms with Gasteiger partial charge in [0.1, 0.15) is 5.15 Å². The number of ether oxygens (including phenoxy) is 1. The molecule has 0 saturated carbocycles. The summed E-state index contributed by atoms with van der Waals surface area (Å²) in [6.45, 7) is -0.117. The summed E-state index contributed by atoms with van der Waals surface area (Å²) in [5, 5.41) is 8.76. The van der Waals surface area contributed by atoms with Crippen LogP contribution >= 0.6 is 11.6 Å². The highest BCUT2D eigenvalue weighted by atomic mass is 35.5. The number of amides is 1. The van der Waals surface area contributed by atoms with Crippen molar-refractivity contribution in [2.24, 2.45) is 5.14 Å². The Morgan fingerprint density at radius 2 is 1.80 bits per heavy atom. The van der Waals surface area contributed by atoms with Crippen LogP contribution in [0.4, 0.5) is 0 Å². The van der Waals surface area contributed by atoms with Crippen LogP contribution in [0.5, 0.6) is 0 Å². The Balaban J connectivity index is 1.46. The molecule has 0 spiro atoms. The fraction of sp³-hybridized carbons (Fsp3) is 0.150. The van der Waals surface area contributed by atoms with Gasteiger partial charge in [-0.15, -0.1) is 0 Å². The number of rotatable bonds is 7. The lowest BCUT2D eigenvalue weighted by atomic mass is 10.1. The van der Waals surface area contributed by atoms with E-state index in [-0.39, 0.29) is 4.90 Å². The molecule has 10 heteroatoms. The molecule has 3 rings (SSSR count). The normalized spacial score (nSPS) is 11.3. The van der Waals surface area contributed by atoms with Crippen LogP contribution in [0.3, 0.4) is 0 Å². The number of nitrogens with one attached hydrogen (secondary N) is 1. The average molecular weight is 448 g/mol. The van der Waals surface area contributed by atoms with Gasteiger partial charge in [-0.3, -0.25) is 4.79 Å². The van der Waals surface area contributed by atoms with E-state index in [0.717, 1.165) is 10.9 Å². The van der Waals surface area contributed by atoms with E-state index in [1.54, 1.807) is 42.5 Å². The summed E-state index contributed by atoms with van der Waals surface area (Å²) in [7, 11) is -3.73. The molecule has 156 valence electrons. The second-order valence-electron chi connectivity index (χ2n) is 6.41. The highest BCUT2D eigenvalue weighted by Crippen LogP contribution is 2.17. The van der Waals surface area contributed by atoms with Crippen LogP contribution < -0.4 is 10.5 Å². The Morgan fingerprint density at radius 1 is 1.07 bits per heavy atom. The van der Waals surface area contributed by atoms with E-state index >= 15 is 0 Å². The maximum atomic E-state index is 12.2. The zero-order chi connectivity index (χ0) is 21.7. The van der Waals surface area contributed by atoms with Crippen molar-refractivity contribution in [3.63, 3.8) is 0 Å². The zero-order valence-corrected chi connectivity index (χ0v) is 17.2. The maximum Gasteiger partial charge on any atom is 0.338 e. The first-order valence-corrected chi connectivity index (χ1v) is 10.8. The smallest absolute Gasteiger partial charge is 0.338 e. The molecule has 0 saturated heterocycles. The number of esters is 1. The van der Waals surface area contributed by atoms with E-state index in [0.29, 0.717) is 29.2 Å². The third kappa shape index (κ3) is 5.76. The van der Waals surface area contributed by atoms with Crippen molar-refractivity contribution in [1.82, 2.24) is 10.3 Å². The number of halogens is 1. The minimum atomic E-state index is -3.73. The maximum absolute atomic E-state index is 12.2. The second kappa shape index (κ2) is 9.21. The number of hydrogen-bond donors (Lipinski definition) is 2. The molecule has 1 aromatic heterocycles. The highest BCUT2D eigenvalue weighted by molar-refractivity contribution is 7.89. The fourth-order valence-corrected chi connectivity index (χ4v) is 3.35. The zero-order valence-electron chi connectivity index (χ0n) is 15.7. The fourth-order valence-electron chi connectivity index (χ4n) is 2.69. The number of nitrogens with zero attached hydrogens (tertiary/aromatic N) is 1. The number of primary sulfonamides is 1. The quantitative estimate of drug-likeness (QED) is 0.421. The number of aromatic nitrogens is 1. The molecule has 3 aromatic rings. The SMILES string of the molecule is NS(=O)(=O)c1ccc(CCNC(=O)COC(=O)c2ccc3nc(Cl)ccc3c2)cc1. The van der Waals surface area contributed by atoms with Crippen molar-refractivity contribution < 1.29 is 22.7 Å². The van der Waals surface area contributed by atoms with Gasteiger partial charge in [-0.05, 0) is 54.4 Å². The van der Waals surface area contributed by atoms with Crippen LogP contribution in [0.15, 0.2) is 59.5 Å². The van der Waals surface area contributed by atoms with Gasteiger partial charge in [0, 0.05) is 11.9 Å². The molecule has 2 aromatic carbocycles. The number of benzene rings is 2. The standard InChI is InChI=1S/C20H18ClN3O5S/c21-18-8-4-14-11-15(3-7-17(14)24-18)20(26)29-12-19(25)23-10-9-13-1-5-16(6-2-13)30(22,27)28/h1-8,11H,9-10,12H2,(H,23,25)(H2,22,27,28). The number of sulfonamides is 1. The molecular formula is C20H18ClN3O5S. The minimum Gasteiger partial charge on any atom is -0.452 e. The lowest BCUT2D eigenvalue weighted by Gasteiger charge is -2.08. The molecule has 0 unspecified atom stereocenters. The van der Waals surface area contributed by atoms with Gasteiger partial charge in [-0.2, -0.15) is 0 Å². The Hall–Kier alpha value is -3.01. The summed E-state index contributed by atoms with van der Waals surface area (Å²) in [5.74, 6) is -1.07. The third-order valence-electron chi connectivity index (χ3n) is 4.21. The number of carbonyl (C=O) groups excluding carboxylic acids is 2. The van der Waals surface area contributed by atoms with Gasteiger partial charge in [0.05, 0.1) is 16.0 Å². The molecule has 0 aliphatic rings. The third-order valence-corrected chi connectivity index (χ3v) is 5.35. The highest BCUT2D eigenvalue weighted by Gasteiger charge is 2.11. The molecule has 3 N–H and O–H groups in total. The first-order valence-electron chi connectivity index (χ1n) is 8.84. The minimum absolute atomic E-state index is 0.0229. The van der Waals surface area contributed by atoms with Crippen molar-refractivity contribution in [1.29, 1.82) is 0 Å². The van der Waals surface area contributed by atoms with Crippen LogP contribution in [0, 0.1) is 0 Å². The van der Waals surface area contributed by atoms with Gasteiger partial charge in [-0.1, -0.05) is 23.7 Å². The first-order chi connectivity index (χ1) is 14.2. The molecule has 8 nitrogen and oxygen atoms in total. The van der Waals surface area contributed by atoms with Crippen molar-refractivity contribution in [2.45, 2.75) is 11.3 Å². The molecule has 0 fully saturated rings. The summed E-state index contributed by atoms with van der Waals surface area (Å²) in [6, 6.07) is 14.2. The molecule has 30 heavy (non-hydrogen) atoms. The van der Waals surface area contributed by atoms with E-state index in [1.807, 2.05) is 0 Å². The van der Waals surface area contributed by atoms with Crippen molar-refractivity contribution in [3.05, 3.63) is 70.9 Å². The van der Waals surface area contributed by atoms with Gasteiger partial charge < -0.3 is 10.1 Å². The Kier molecular flexibility index (Phi) is 6.66. The van der Waals surface area contributed by atoms with Crippen LogP contribution in [0.2, 0.25) is 5.15 Å². The van der Waals surface area contributed by atoms with Gasteiger partial charge in [0.2, 0.25) is 10.0 Å².